The lowest BCUT2D eigenvalue weighted by atomic mass is 9.86. The normalized spacial score (nSPS) is 23.9. The fraction of sp³-hybridized carbons (Fsp3) is 0.760. The summed E-state index contributed by atoms with van der Waals surface area (Å²) < 4.78 is 11.5. The summed E-state index contributed by atoms with van der Waals surface area (Å²) in [5, 5.41) is 0.120. The van der Waals surface area contributed by atoms with Crippen LogP contribution in [0.1, 0.15) is 74.1 Å². The Morgan fingerprint density at radius 3 is 2.16 bits per heavy atom. The number of unbranched alkanes of at least 4 members (excludes halogenated alkanes) is 1. The molecule has 1 aliphatic rings. The lowest BCUT2D eigenvalue weighted by Gasteiger charge is -2.34. The van der Waals surface area contributed by atoms with Crippen molar-refractivity contribution in [2.24, 2.45) is 10.8 Å². The second kappa shape index (κ2) is 10.8. The van der Waals surface area contributed by atoms with E-state index in [1.54, 1.807) is 6.26 Å². The van der Waals surface area contributed by atoms with E-state index in [4.69, 9.17) is 9.16 Å². The van der Waals surface area contributed by atoms with Crippen molar-refractivity contribution < 1.29 is 18.8 Å². The van der Waals surface area contributed by atoms with Gasteiger partial charge in [0.2, 0.25) is 14.2 Å². The molecule has 0 bridgehead atoms. The molecule has 178 valence electrons. The average molecular weight is 452 g/mol. The molecule has 1 aliphatic carbocycles. The molecule has 0 heterocycles. The molecule has 2 atom stereocenters. The highest BCUT2D eigenvalue weighted by Crippen LogP contribution is 2.69. The van der Waals surface area contributed by atoms with E-state index in [1.807, 2.05) is 43.9 Å². The van der Waals surface area contributed by atoms with E-state index in [0.717, 1.165) is 12.8 Å². The Balaban J connectivity index is 3.20. The Morgan fingerprint density at radius 2 is 1.68 bits per heavy atom. The van der Waals surface area contributed by atoms with Crippen molar-refractivity contribution in [2.75, 3.05) is 19.7 Å². The van der Waals surface area contributed by atoms with Gasteiger partial charge in [0.05, 0.1) is 18.3 Å². The minimum absolute atomic E-state index is 0.0742. The molecule has 0 spiro atoms. The average Bonchev–Trinajstić information content (AvgIpc) is 3.36. The first-order chi connectivity index (χ1) is 14.4. The van der Waals surface area contributed by atoms with Crippen LogP contribution in [0, 0.1) is 10.8 Å². The van der Waals surface area contributed by atoms with Crippen LogP contribution in [-0.4, -0.2) is 44.8 Å². The molecular weight excluding hydrogens is 406 g/mol. The molecule has 0 aliphatic heterocycles. The molecule has 1 saturated carbocycles. The van der Waals surface area contributed by atoms with Gasteiger partial charge in [0.1, 0.15) is 5.41 Å². The van der Waals surface area contributed by atoms with Crippen molar-refractivity contribution in [3.05, 3.63) is 24.5 Å². The zero-order chi connectivity index (χ0) is 23.9. The number of esters is 1. The summed E-state index contributed by atoms with van der Waals surface area (Å²) in [5.74, 6) is -0.216. The van der Waals surface area contributed by atoms with E-state index < -0.39 is 19.1 Å². The van der Waals surface area contributed by atoms with Crippen LogP contribution in [0.3, 0.4) is 0 Å². The van der Waals surface area contributed by atoms with Gasteiger partial charge in [0, 0.05) is 13.1 Å². The first kappa shape index (κ1) is 27.5. The van der Waals surface area contributed by atoms with Gasteiger partial charge in [-0.3, -0.25) is 9.59 Å². The van der Waals surface area contributed by atoms with Crippen molar-refractivity contribution in [1.29, 1.82) is 0 Å². The third kappa shape index (κ3) is 5.82. The molecule has 0 saturated heterocycles. The van der Waals surface area contributed by atoms with E-state index in [9.17, 15) is 9.59 Å². The zero-order valence-electron chi connectivity index (χ0n) is 21.3. The Kier molecular flexibility index (Phi) is 9.61. The fourth-order valence-corrected chi connectivity index (χ4v) is 4.65. The second-order valence-electron chi connectivity index (χ2n) is 10.1. The lowest BCUT2D eigenvalue weighted by Crippen LogP contribution is -2.41. The Bertz CT molecular complexity index is 675. The number of rotatable bonds is 12. The maximum absolute atomic E-state index is 13.5. The van der Waals surface area contributed by atoms with Gasteiger partial charge in [-0.25, -0.2) is 0 Å². The number of allylic oxidation sites excluding steroid dienone is 2. The van der Waals surface area contributed by atoms with Crippen molar-refractivity contribution in [2.45, 2.75) is 92.3 Å². The van der Waals surface area contributed by atoms with Crippen molar-refractivity contribution in [1.82, 2.24) is 4.90 Å². The van der Waals surface area contributed by atoms with Crippen LogP contribution in [0.25, 0.3) is 0 Å². The number of amides is 1. The first-order valence-electron chi connectivity index (χ1n) is 11.9. The highest BCUT2D eigenvalue weighted by Gasteiger charge is 2.75. The quantitative estimate of drug-likeness (QED) is 0.156. The van der Waals surface area contributed by atoms with Crippen LogP contribution in [-0.2, 0) is 18.8 Å². The molecule has 0 N–H and O–H groups in total. The molecule has 0 radical (unpaired) electrons. The van der Waals surface area contributed by atoms with Gasteiger partial charge in [0.15, 0.2) is 0 Å². The maximum Gasteiger partial charge on any atom is 0.317 e. The molecule has 0 aromatic rings. The summed E-state index contributed by atoms with van der Waals surface area (Å²) in [6.07, 6.45) is 10.4. The van der Waals surface area contributed by atoms with Gasteiger partial charge < -0.3 is 14.1 Å². The number of carbonyl (C=O) groups is 2. The highest BCUT2D eigenvalue weighted by atomic mass is 28.4. The van der Waals surface area contributed by atoms with Crippen LogP contribution in [0.5, 0.6) is 0 Å². The molecule has 0 unspecified atom stereocenters. The molecule has 1 amide bonds. The van der Waals surface area contributed by atoms with Gasteiger partial charge in [-0.15, -0.1) is 0 Å². The minimum atomic E-state index is -1.88. The van der Waals surface area contributed by atoms with E-state index >= 15 is 0 Å². The summed E-state index contributed by atoms with van der Waals surface area (Å²) in [6, 6.07) is 0. The van der Waals surface area contributed by atoms with Gasteiger partial charge in [-0.05, 0) is 57.8 Å². The third-order valence-electron chi connectivity index (χ3n) is 7.11. The van der Waals surface area contributed by atoms with Crippen molar-refractivity contribution in [3.8, 4) is 0 Å². The zero-order valence-corrected chi connectivity index (χ0v) is 22.3. The van der Waals surface area contributed by atoms with Gasteiger partial charge in [-0.1, -0.05) is 52.7 Å². The Hall–Kier alpha value is -1.56. The summed E-state index contributed by atoms with van der Waals surface area (Å²) >= 11 is 0. The van der Waals surface area contributed by atoms with E-state index in [-0.39, 0.29) is 16.9 Å². The lowest BCUT2D eigenvalue weighted by molar-refractivity contribution is -0.153. The minimum Gasteiger partial charge on any atom is -0.549 e. The summed E-state index contributed by atoms with van der Waals surface area (Å²) in [6.45, 7) is 20.5. The summed E-state index contributed by atoms with van der Waals surface area (Å²) in [4.78, 5) is 28.4. The van der Waals surface area contributed by atoms with Crippen molar-refractivity contribution in [3.63, 3.8) is 0 Å². The molecule has 1 fully saturated rings. The smallest absolute Gasteiger partial charge is 0.317 e. The van der Waals surface area contributed by atoms with Gasteiger partial charge in [-0.2, -0.15) is 0 Å². The highest BCUT2D eigenvalue weighted by molar-refractivity contribution is 6.74. The number of hydrogen-bond acceptors (Lipinski definition) is 4. The van der Waals surface area contributed by atoms with Gasteiger partial charge in [0.25, 0.3) is 0 Å². The van der Waals surface area contributed by atoms with Crippen molar-refractivity contribution >= 4 is 20.2 Å². The Morgan fingerprint density at radius 1 is 1.06 bits per heavy atom. The van der Waals surface area contributed by atoms with Crippen LogP contribution in [0.15, 0.2) is 24.5 Å². The number of hydrogen-bond donors (Lipinski definition) is 0. The maximum atomic E-state index is 13.5. The van der Waals surface area contributed by atoms with E-state index in [2.05, 4.69) is 40.8 Å². The van der Waals surface area contributed by atoms with Crippen LogP contribution in [0.4, 0.5) is 0 Å². The molecule has 0 aromatic carbocycles. The van der Waals surface area contributed by atoms with E-state index in [1.165, 1.54) is 0 Å². The number of nitrogens with zero attached hydrogens (tertiary/aromatic N) is 1. The predicted octanol–water partition coefficient (Wildman–Crippen LogP) is 6.08. The monoisotopic (exact) mass is 451 g/mol. The number of ether oxygens (including phenoxy) is 1. The molecular formula is C25H45NO4Si. The molecule has 5 nitrogen and oxygen atoms in total. The standard InChI is InChI=1S/C25H45NO4Si/c1-10-14-17-24(21(27)26(11-2)12-3)20-25(24,22(28)29-13-4)18-15-16-19-30-31(8,9)23(5,6)7/h15-16,18-19H,10-14,17,20H2,1-9H3/b18-15+,19-16+/t24-,25+/m1/s1. The largest absolute Gasteiger partial charge is 0.549 e. The van der Waals surface area contributed by atoms with Crippen LogP contribution < -0.4 is 0 Å². The first-order valence-corrected chi connectivity index (χ1v) is 14.8. The van der Waals surface area contributed by atoms with Crippen LogP contribution >= 0.6 is 0 Å². The SMILES string of the molecule is CCCC[C@]1(C(=O)N(CC)CC)C[C@@]1(/C=C/C=C/O[Si](C)(C)C(C)(C)C)C(=O)OCC. The number of carbonyl (C=O) groups excluding carboxylic acids is 2. The van der Waals surface area contributed by atoms with E-state index in [0.29, 0.717) is 32.5 Å². The third-order valence-corrected chi connectivity index (χ3v) is 11.4. The van der Waals surface area contributed by atoms with Gasteiger partial charge >= 0.3 is 5.97 Å². The topological polar surface area (TPSA) is 55.8 Å². The summed E-state index contributed by atoms with van der Waals surface area (Å²) in [5.41, 5.74) is -1.59. The van der Waals surface area contributed by atoms with Crippen LogP contribution in [0.2, 0.25) is 18.1 Å². The molecule has 6 heteroatoms. The second-order valence-corrected chi connectivity index (χ2v) is 14.9. The molecule has 1 rings (SSSR count). The predicted molar refractivity (Wildman–Crippen MR) is 130 cm³/mol. The summed E-state index contributed by atoms with van der Waals surface area (Å²) in [7, 11) is -1.88. The fourth-order valence-electron chi connectivity index (χ4n) is 3.87. The molecule has 0 aromatic heterocycles. The molecule has 31 heavy (non-hydrogen) atoms. The Labute approximate surface area is 191 Å².